The van der Waals surface area contributed by atoms with E-state index in [1.165, 1.54) is 19.4 Å². The molecule has 0 saturated carbocycles. The van der Waals surface area contributed by atoms with Gasteiger partial charge in [0, 0.05) is 12.6 Å². The third-order valence-corrected chi connectivity index (χ3v) is 2.94. The maximum Gasteiger partial charge on any atom is 0.154 e. The summed E-state index contributed by atoms with van der Waals surface area (Å²) in [5, 5.41) is 3.97. The monoisotopic (exact) mass is 208 g/mol. The summed E-state index contributed by atoms with van der Waals surface area (Å²) in [5.74, 6) is 1.76. The van der Waals surface area contributed by atoms with E-state index in [0.29, 0.717) is 6.04 Å². The SMILES string of the molecule is Cc1cc(C2CCCN2CC(C)C)on1. The van der Waals surface area contributed by atoms with Gasteiger partial charge in [0.15, 0.2) is 5.76 Å². The van der Waals surface area contributed by atoms with Crippen LogP contribution in [-0.2, 0) is 0 Å². The molecule has 0 aromatic carbocycles. The molecule has 1 aliphatic rings. The molecule has 15 heavy (non-hydrogen) atoms. The largest absolute Gasteiger partial charge is 0.359 e. The maximum absolute atomic E-state index is 5.37. The summed E-state index contributed by atoms with van der Waals surface area (Å²) in [6.45, 7) is 8.86. The van der Waals surface area contributed by atoms with Gasteiger partial charge >= 0.3 is 0 Å². The standard InChI is InChI=1S/C12H20N2O/c1-9(2)8-14-6-4-5-11(14)12-7-10(3)13-15-12/h7,9,11H,4-6,8H2,1-3H3. The molecule has 1 aromatic rings. The Morgan fingerprint density at radius 1 is 1.60 bits per heavy atom. The second-order valence-corrected chi connectivity index (χ2v) is 4.92. The van der Waals surface area contributed by atoms with E-state index in [1.54, 1.807) is 0 Å². The number of aromatic nitrogens is 1. The molecule has 2 heterocycles. The lowest BCUT2D eigenvalue weighted by molar-refractivity contribution is 0.194. The molecule has 0 bridgehead atoms. The van der Waals surface area contributed by atoms with Crippen LogP contribution in [-0.4, -0.2) is 23.1 Å². The highest BCUT2D eigenvalue weighted by atomic mass is 16.5. The summed E-state index contributed by atoms with van der Waals surface area (Å²) < 4.78 is 5.37. The Hall–Kier alpha value is -0.830. The van der Waals surface area contributed by atoms with Crippen LogP contribution in [0.5, 0.6) is 0 Å². The molecule has 0 aliphatic carbocycles. The van der Waals surface area contributed by atoms with E-state index in [4.69, 9.17) is 4.52 Å². The Balaban J connectivity index is 2.07. The van der Waals surface area contributed by atoms with Crippen LogP contribution in [0.15, 0.2) is 10.6 Å². The number of hydrogen-bond donors (Lipinski definition) is 0. The average molecular weight is 208 g/mol. The molecule has 3 nitrogen and oxygen atoms in total. The summed E-state index contributed by atoms with van der Waals surface area (Å²) in [5.41, 5.74) is 0.987. The Morgan fingerprint density at radius 2 is 2.40 bits per heavy atom. The van der Waals surface area contributed by atoms with Crippen LogP contribution >= 0.6 is 0 Å². The molecule has 1 aliphatic heterocycles. The first-order chi connectivity index (χ1) is 7.16. The molecule has 0 radical (unpaired) electrons. The van der Waals surface area contributed by atoms with Crippen molar-refractivity contribution < 1.29 is 4.52 Å². The molecule has 1 saturated heterocycles. The third kappa shape index (κ3) is 2.40. The van der Waals surface area contributed by atoms with Crippen molar-refractivity contribution in [1.29, 1.82) is 0 Å². The average Bonchev–Trinajstić information content (AvgIpc) is 2.72. The Morgan fingerprint density at radius 3 is 3.00 bits per heavy atom. The van der Waals surface area contributed by atoms with Crippen molar-refractivity contribution in [1.82, 2.24) is 10.1 Å². The Kier molecular flexibility index (Phi) is 3.10. The fourth-order valence-corrected chi connectivity index (χ4v) is 2.38. The summed E-state index contributed by atoms with van der Waals surface area (Å²) in [7, 11) is 0. The van der Waals surface area contributed by atoms with Gasteiger partial charge in [-0.3, -0.25) is 4.90 Å². The molecule has 0 N–H and O–H groups in total. The van der Waals surface area contributed by atoms with Gasteiger partial charge in [-0.1, -0.05) is 19.0 Å². The molecular weight excluding hydrogens is 188 g/mol. The predicted molar refractivity (Wildman–Crippen MR) is 59.6 cm³/mol. The summed E-state index contributed by atoms with van der Waals surface area (Å²) in [6.07, 6.45) is 2.48. The van der Waals surface area contributed by atoms with Gasteiger partial charge in [-0.2, -0.15) is 0 Å². The second-order valence-electron chi connectivity index (χ2n) is 4.92. The van der Waals surface area contributed by atoms with Gasteiger partial charge in [0.1, 0.15) is 0 Å². The Bertz CT molecular complexity index is 319. The lowest BCUT2D eigenvalue weighted by Gasteiger charge is -2.23. The van der Waals surface area contributed by atoms with Crippen LogP contribution in [0, 0.1) is 12.8 Å². The van der Waals surface area contributed by atoms with Crippen molar-refractivity contribution in [2.45, 2.75) is 39.7 Å². The highest BCUT2D eigenvalue weighted by Gasteiger charge is 2.29. The van der Waals surface area contributed by atoms with Gasteiger partial charge in [0.25, 0.3) is 0 Å². The molecule has 0 spiro atoms. The molecular formula is C12H20N2O. The maximum atomic E-state index is 5.37. The molecule has 0 amide bonds. The zero-order valence-electron chi connectivity index (χ0n) is 9.86. The minimum Gasteiger partial charge on any atom is -0.359 e. The number of aryl methyl sites for hydroxylation is 1. The van der Waals surface area contributed by atoms with Crippen molar-refractivity contribution >= 4 is 0 Å². The van der Waals surface area contributed by atoms with Crippen LogP contribution < -0.4 is 0 Å². The van der Waals surface area contributed by atoms with E-state index < -0.39 is 0 Å². The summed E-state index contributed by atoms with van der Waals surface area (Å²) in [4.78, 5) is 2.52. The highest BCUT2D eigenvalue weighted by Crippen LogP contribution is 2.32. The van der Waals surface area contributed by atoms with Crippen molar-refractivity contribution in [3.63, 3.8) is 0 Å². The van der Waals surface area contributed by atoms with E-state index in [0.717, 1.165) is 23.9 Å². The van der Waals surface area contributed by atoms with Crippen molar-refractivity contribution in [3.05, 3.63) is 17.5 Å². The first kappa shape index (κ1) is 10.7. The van der Waals surface area contributed by atoms with Gasteiger partial charge in [0.2, 0.25) is 0 Å². The van der Waals surface area contributed by atoms with Crippen LogP contribution in [0.2, 0.25) is 0 Å². The normalized spacial score (nSPS) is 22.8. The van der Waals surface area contributed by atoms with Gasteiger partial charge < -0.3 is 4.52 Å². The molecule has 1 unspecified atom stereocenters. The minimum absolute atomic E-state index is 0.466. The lowest BCUT2D eigenvalue weighted by atomic mass is 10.1. The fourth-order valence-electron chi connectivity index (χ4n) is 2.38. The molecule has 2 rings (SSSR count). The van der Waals surface area contributed by atoms with Crippen LogP contribution in [0.1, 0.15) is 44.2 Å². The van der Waals surface area contributed by atoms with Crippen molar-refractivity contribution in [2.75, 3.05) is 13.1 Å². The quantitative estimate of drug-likeness (QED) is 0.765. The van der Waals surface area contributed by atoms with E-state index in [1.807, 2.05) is 6.92 Å². The van der Waals surface area contributed by atoms with E-state index >= 15 is 0 Å². The zero-order chi connectivity index (χ0) is 10.8. The topological polar surface area (TPSA) is 29.3 Å². The van der Waals surface area contributed by atoms with Gasteiger partial charge in [0.05, 0.1) is 11.7 Å². The van der Waals surface area contributed by atoms with Gasteiger partial charge in [-0.05, 0) is 32.2 Å². The van der Waals surface area contributed by atoms with Crippen LogP contribution in [0.25, 0.3) is 0 Å². The first-order valence-corrected chi connectivity index (χ1v) is 5.84. The van der Waals surface area contributed by atoms with E-state index in [9.17, 15) is 0 Å². The van der Waals surface area contributed by atoms with Gasteiger partial charge in [-0.25, -0.2) is 0 Å². The van der Waals surface area contributed by atoms with Crippen molar-refractivity contribution in [2.24, 2.45) is 5.92 Å². The van der Waals surface area contributed by atoms with E-state index in [2.05, 4.69) is 30.0 Å². The van der Waals surface area contributed by atoms with Crippen LogP contribution in [0.4, 0.5) is 0 Å². The second kappa shape index (κ2) is 4.35. The molecule has 3 heteroatoms. The fraction of sp³-hybridized carbons (Fsp3) is 0.750. The zero-order valence-corrected chi connectivity index (χ0v) is 9.86. The number of nitrogens with zero attached hydrogens (tertiary/aromatic N) is 2. The molecule has 1 atom stereocenters. The summed E-state index contributed by atoms with van der Waals surface area (Å²) in [6, 6.07) is 2.54. The molecule has 1 fully saturated rings. The van der Waals surface area contributed by atoms with Crippen LogP contribution in [0.3, 0.4) is 0 Å². The number of rotatable bonds is 3. The minimum atomic E-state index is 0.466. The third-order valence-electron chi connectivity index (χ3n) is 2.94. The molecule has 1 aromatic heterocycles. The lowest BCUT2D eigenvalue weighted by Crippen LogP contribution is -2.27. The number of hydrogen-bond acceptors (Lipinski definition) is 3. The van der Waals surface area contributed by atoms with Crippen molar-refractivity contribution in [3.8, 4) is 0 Å². The summed E-state index contributed by atoms with van der Waals surface area (Å²) >= 11 is 0. The first-order valence-electron chi connectivity index (χ1n) is 5.84. The number of likely N-dealkylation sites (tertiary alicyclic amines) is 1. The molecule has 84 valence electrons. The van der Waals surface area contributed by atoms with Gasteiger partial charge in [-0.15, -0.1) is 0 Å². The Labute approximate surface area is 91.4 Å². The smallest absolute Gasteiger partial charge is 0.154 e. The highest BCUT2D eigenvalue weighted by molar-refractivity contribution is 5.09. The predicted octanol–water partition coefficient (Wildman–Crippen LogP) is 2.78. The van der Waals surface area contributed by atoms with E-state index in [-0.39, 0.29) is 0 Å².